The molecule has 2 aliphatic rings. The summed E-state index contributed by atoms with van der Waals surface area (Å²) in [7, 11) is 0. The Hall–Kier alpha value is -1.18. The van der Waals surface area contributed by atoms with Crippen LogP contribution < -0.4 is 0 Å². The fraction of sp³-hybridized carbons (Fsp3) is 0.455. The van der Waals surface area contributed by atoms with Crippen LogP contribution in [-0.4, -0.2) is 11.6 Å². The topological polar surface area (TPSA) is 34.1 Å². The Bertz CT molecular complexity index is 323. The van der Waals surface area contributed by atoms with E-state index in [4.69, 9.17) is 0 Å². The zero-order valence-corrected chi connectivity index (χ0v) is 7.62. The minimum Gasteiger partial charge on any atom is -0.294 e. The fourth-order valence-electron chi connectivity index (χ4n) is 2.08. The maximum absolute atomic E-state index is 11.6. The molecule has 2 heteroatoms. The third-order valence-electron chi connectivity index (χ3n) is 2.84. The van der Waals surface area contributed by atoms with Crippen molar-refractivity contribution in [1.29, 1.82) is 0 Å². The summed E-state index contributed by atoms with van der Waals surface area (Å²) in [6.07, 6.45) is 7.15. The van der Waals surface area contributed by atoms with Gasteiger partial charge < -0.3 is 0 Å². The largest absolute Gasteiger partial charge is 0.294 e. The van der Waals surface area contributed by atoms with E-state index < -0.39 is 0 Å². The number of carbonyl (C=O) groups excluding carboxylic acids is 2. The predicted octanol–water partition coefficient (Wildman–Crippen LogP) is 1.67. The summed E-state index contributed by atoms with van der Waals surface area (Å²) < 4.78 is 0. The van der Waals surface area contributed by atoms with Gasteiger partial charge in [-0.15, -0.1) is 0 Å². The Balaban J connectivity index is 2.40. The van der Waals surface area contributed by atoms with E-state index in [1.165, 1.54) is 6.08 Å². The molecule has 0 spiro atoms. The van der Waals surface area contributed by atoms with Gasteiger partial charge in [0.2, 0.25) is 0 Å². The first kappa shape index (κ1) is 8.42. The summed E-state index contributed by atoms with van der Waals surface area (Å²) in [5.74, 6) is 0.0273. The van der Waals surface area contributed by atoms with Crippen molar-refractivity contribution in [3.8, 4) is 0 Å². The molecule has 0 amide bonds. The third-order valence-corrected chi connectivity index (χ3v) is 2.84. The van der Waals surface area contributed by atoms with E-state index in [0.717, 1.165) is 12.8 Å². The van der Waals surface area contributed by atoms with E-state index in [2.05, 4.69) is 0 Å². The summed E-state index contributed by atoms with van der Waals surface area (Å²) in [6.45, 7) is 1.72. The normalized spacial score (nSPS) is 32.8. The summed E-state index contributed by atoms with van der Waals surface area (Å²) >= 11 is 0. The molecule has 0 aromatic carbocycles. The first-order valence-electron chi connectivity index (χ1n) is 4.63. The van der Waals surface area contributed by atoms with Gasteiger partial charge in [-0.25, -0.2) is 0 Å². The average Bonchev–Trinajstić information content (AvgIpc) is 2.15. The highest BCUT2D eigenvalue weighted by Crippen LogP contribution is 2.32. The number of fused-ring (bicyclic) bond motifs is 1. The molecule has 0 heterocycles. The molecule has 68 valence electrons. The van der Waals surface area contributed by atoms with E-state index in [0.29, 0.717) is 5.57 Å². The molecule has 0 radical (unpaired) electrons. The second-order valence-electron chi connectivity index (χ2n) is 3.73. The van der Waals surface area contributed by atoms with Crippen LogP contribution in [0.15, 0.2) is 23.8 Å². The molecule has 0 aromatic rings. The minimum absolute atomic E-state index is 0.0683. The maximum Gasteiger partial charge on any atom is 0.166 e. The Morgan fingerprint density at radius 2 is 2.15 bits per heavy atom. The summed E-state index contributed by atoms with van der Waals surface area (Å²) in [6, 6.07) is 0. The first-order chi connectivity index (χ1) is 6.20. The SMILES string of the molecule is CC1=CC(=O)C2CCC=CC2C1=O. The second-order valence-corrected chi connectivity index (χ2v) is 3.73. The van der Waals surface area contributed by atoms with Crippen molar-refractivity contribution < 1.29 is 9.59 Å². The molecule has 0 aliphatic heterocycles. The van der Waals surface area contributed by atoms with Crippen molar-refractivity contribution in [2.45, 2.75) is 19.8 Å². The Labute approximate surface area is 77.3 Å². The minimum atomic E-state index is -0.161. The lowest BCUT2D eigenvalue weighted by atomic mass is 9.73. The third kappa shape index (κ3) is 1.26. The van der Waals surface area contributed by atoms with Crippen LogP contribution in [-0.2, 0) is 9.59 Å². The Kier molecular flexibility index (Phi) is 1.91. The lowest BCUT2D eigenvalue weighted by molar-refractivity contribution is -0.128. The van der Waals surface area contributed by atoms with Crippen molar-refractivity contribution in [3.05, 3.63) is 23.8 Å². The zero-order valence-electron chi connectivity index (χ0n) is 7.62. The van der Waals surface area contributed by atoms with Gasteiger partial charge in [0, 0.05) is 5.92 Å². The van der Waals surface area contributed by atoms with Crippen LogP contribution >= 0.6 is 0 Å². The van der Waals surface area contributed by atoms with Gasteiger partial charge in [-0.1, -0.05) is 12.2 Å². The van der Waals surface area contributed by atoms with Crippen LogP contribution in [0.25, 0.3) is 0 Å². The molecular weight excluding hydrogens is 164 g/mol. The highest BCUT2D eigenvalue weighted by atomic mass is 16.1. The molecule has 0 saturated heterocycles. The average molecular weight is 176 g/mol. The lowest BCUT2D eigenvalue weighted by Gasteiger charge is -2.28. The number of hydrogen-bond acceptors (Lipinski definition) is 2. The van der Waals surface area contributed by atoms with Crippen molar-refractivity contribution in [2.24, 2.45) is 11.8 Å². The summed E-state index contributed by atoms with van der Waals surface area (Å²) in [4.78, 5) is 23.2. The van der Waals surface area contributed by atoms with Gasteiger partial charge in [0.25, 0.3) is 0 Å². The van der Waals surface area contributed by atoms with E-state index in [-0.39, 0.29) is 23.4 Å². The van der Waals surface area contributed by atoms with Crippen LogP contribution in [0.4, 0.5) is 0 Å². The molecule has 13 heavy (non-hydrogen) atoms. The van der Waals surface area contributed by atoms with Gasteiger partial charge >= 0.3 is 0 Å². The van der Waals surface area contributed by atoms with Crippen LogP contribution in [0, 0.1) is 11.8 Å². The van der Waals surface area contributed by atoms with Gasteiger partial charge in [-0.3, -0.25) is 9.59 Å². The van der Waals surface area contributed by atoms with Crippen molar-refractivity contribution in [1.82, 2.24) is 0 Å². The maximum atomic E-state index is 11.6. The molecule has 0 bridgehead atoms. The molecular formula is C11H12O2. The van der Waals surface area contributed by atoms with Gasteiger partial charge in [-0.2, -0.15) is 0 Å². The van der Waals surface area contributed by atoms with Crippen LogP contribution in [0.3, 0.4) is 0 Å². The highest BCUT2D eigenvalue weighted by Gasteiger charge is 2.36. The molecule has 0 fully saturated rings. The lowest BCUT2D eigenvalue weighted by Crippen LogP contribution is -2.34. The van der Waals surface area contributed by atoms with Crippen LogP contribution in [0.2, 0.25) is 0 Å². The van der Waals surface area contributed by atoms with Gasteiger partial charge in [0.05, 0.1) is 5.92 Å². The van der Waals surface area contributed by atoms with Crippen LogP contribution in [0.1, 0.15) is 19.8 Å². The predicted molar refractivity (Wildman–Crippen MR) is 49.1 cm³/mol. The highest BCUT2D eigenvalue weighted by molar-refractivity contribution is 6.11. The van der Waals surface area contributed by atoms with Crippen molar-refractivity contribution in [2.75, 3.05) is 0 Å². The standard InChI is InChI=1S/C11H12O2/c1-7-6-10(12)8-4-2-3-5-9(8)11(7)13/h3,5-6,8-9H,2,4H2,1H3. The first-order valence-corrected chi connectivity index (χ1v) is 4.63. The van der Waals surface area contributed by atoms with E-state index >= 15 is 0 Å². The second kappa shape index (κ2) is 2.95. The van der Waals surface area contributed by atoms with Gasteiger partial charge in [-0.05, 0) is 31.4 Å². The smallest absolute Gasteiger partial charge is 0.166 e. The Morgan fingerprint density at radius 3 is 2.92 bits per heavy atom. The molecule has 2 nitrogen and oxygen atoms in total. The number of ketones is 2. The number of carbonyl (C=O) groups is 2. The van der Waals surface area contributed by atoms with Crippen LogP contribution in [0.5, 0.6) is 0 Å². The molecule has 0 saturated carbocycles. The summed E-state index contributed by atoms with van der Waals surface area (Å²) in [5.41, 5.74) is 0.609. The fourth-order valence-corrected chi connectivity index (χ4v) is 2.08. The Morgan fingerprint density at radius 1 is 1.38 bits per heavy atom. The van der Waals surface area contributed by atoms with Crippen molar-refractivity contribution >= 4 is 11.6 Å². The van der Waals surface area contributed by atoms with E-state index in [1.807, 2.05) is 12.2 Å². The summed E-state index contributed by atoms with van der Waals surface area (Å²) in [5, 5.41) is 0. The number of hydrogen-bond donors (Lipinski definition) is 0. The number of Topliss-reactive ketones (excluding diaryl/α,β-unsaturated/α-hetero) is 1. The quantitative estimate of drug-likeness (QED) is 0.526. The zero-order chi connectivity index (χ0) is 9.42. The molecule has 2 aliphatic carbocycles. The van der Waals surface area contributed by atoms with Gasteiger partial charge in [0.1, 0.15) is 0 Å². The van der Waals surface area contributed by atoms with E-state index in [9.17, 15) is 9.59 Å². The molecule has 2 unspecified atom stereocenters. The number of allylic oxidation sites excluding steroid dienone is 4. The van der Waals surface area contributed by atoms with Crippen molar-refractivity contribution in [3.63, 3.8) is 0 Å². The van der Waals surface area contributed by atoms with E-state index in [1.54, 1.807) is 6.92 Å². The molecule has 2 atom stereocenters. The molecule has 0 N–H and O–H groups in total. The molecule has 2 rings (SSSR count). The monoisotopic (exact) mass is 176 g/mol. The van der Waals surface area contributed by atoms with Gasteiger partial charge in [0.15, 0.2) is 11.6 Å². The molecule has 0 aromatic heterocycles. The number of rotatable bonds is 0.